The van der Waals surface area contributed by atoms with Crippen LogP contribution in [0.4, 0.5) is 0 Å². The number of benzene rings is 2. The SMILES string of the molecule is COC1(OC)[C@@H]2C=C[C@@H]1[C@H]1C3c4ccccc4C(c4ccccc43)[C@@H]12. The second-order valence-electron chi connectivity index (χ2n) is 7.93. The summed E-state index contributed by atoms with van der Waals surface area (Å²) < 4.78 is 12.1. The quantitative estimate of drug-likeness (QED) is 0.603. The summed E-state index contributed by atoms with van der Waals surface area (Å²) in [5, 5.41) is 0. The van der Waals surface area contributed by atoms with E-state index in [0.717, 1.165) is 0 Å². The zero-order valence-electron chi connectivity index (χ0n) is 14.6. The van der Waals surface area contributed by atoms with E-state index in [1.807, 2.05) is 14.2 Å². The van der Waals surface area contributed by atoms with Crippen molar-refractivity contribution >= 4 is 0 Å². The maximum Gasteiger partial charge on any atom is 0.180 e. The highest BCUT2D eigenvalue weighted by Gasteiger charge is 2.69. The Bertz CT molecular complexity index is 779. The molecule has 0 heterocycles. The molecule has 0 N–H and O–H groups in total. The summed E-state index contributed by atoms with van der Waals surface area (Å²) in [6, 6.07) is 18.2. The normalized spacial score (nSPS) is 37.7. The molecule has 126 valence electrons. The molecular weight excluding hydrogens is 308 g/mol. The number of fused-ring (bicyclic) bond motifs is 2. The van der Waals surface area contributed by atoms with Gasteiger partial charge in [0.15, 0.2) is 5.79 Å². The van der Waals surface area contributed by atoms with Gasteiger partial charge in [0.05, 0.1) is 0 Å². The fourth-order valence-electron chi connectivity index (χ4n) is 6.81. The van der Waals surface area contributed by atoms with Gasteiger partial charge in [-0.15, -0.1) is 0 Å². The molecular formula is C23H22O2. The minimum absolute atomic E-state index is 0.326. The van der Waals surface area contributed by atoms with E-state index in [1.54, 1.807) is 0 Å². The van der Waals surface area contributed by atoms with Crippen LogP contribution in [0.2, 0.25) is 0 Å². The fraction of sp³-hybridized carbons (Fsp3) is 0.391. The molecule has 0 aromatic heterocycles. The second kappa shape index (κ2) is 4.63. The van der Waals surface area contributed by atoms with Crippen LogP contribution in [0, 0.1) is 23.7 Å². The van der Waals surface area contributed by atoms with Crippen LogP contribution in [0.1, 0.15) is 34.1 Å². The van der Waals surface area contributed by atoms with Gasteiger partial charge in [0.2, 0.25) is 0 Å². The molecule has 2 nitrogen and oxygen atoms in total. The first-order chi connectivity index (χ1) is 12.3. The van der Waals surface area contributed by atoms with E-state index in [-0.39, 0.29) is 0 Å². The third kappa shape index (κ3) is 1.43. The number of hydrogen-bond acceptors (Lipinski definition) is 2. The molecule has 4 atom stereocenters. The maximum absolute atomic E-state index is 6.06. The van der Waals surface area contributed by atoms with Crippen LogP contribution < -0.4 is 0 Å². The number of methoxy groups -OCH3 is 2. The van der Waals surface area contributed by atoms with Gasteiger partial charge < -0.3 is 9.47 Å². The molecule has 2 heteroatoms. The van der Waals surface area contributed by atoms with Crippen LogP contribution in [-0.4, -0.2) is 20.0 Å². The highest BCUT2D eigenvalue weighted by Crippen LogP contribution is 2.71. The average Bonchev–Trinajstić information content (AvgIpc) is 3.19. The molecule has 0 spiro atoms. The minimum atomic E-state index is -0.490. The van der Waals surface area contributed by atoms with Crippen molar-refractivity contribution in [3.8, 4) is 0 Å². The summed E-state index contributed by atoms with van der Waals surface area (Å²) in [4.78, 5) is 0. The van der Waals surface area contributed by atoms with E-state index < -0.39 is 5.79 Å². The molecule has 1 saturated carbocycles. The van der Waals surface area contributed by atoms with E-state index in [2.05, 4.69) is 60.7 Å². The first-order valence-electron chi connectivity index (χ1n) is 9.28. The van der Waals surface area contributed by atoms with Crippen molar-refractivity contribution in [1.29, 1.82) is 0 Å². The van der Waals surface area contributed by atoms with E-state index in [1.165, 1.54) is 22.3 Å². The average molecular weight is 330 g/mol. The summed E-state index contributed by atoms with van der Waals surface area (Å²) in [7, 11) is 3.63. The molecule has 5 aliphatic carbocycles. The molecule has 7 rings (SSSR count). The third-order valence-electron chi connectivity index (χ3n) is 7.47. The first-order valence-corrected chi connectivity index (χ1v) is 9.28. The molecule has 2 aromatic carbocycles. The predicted octanol–water partition coefficient (Wildman–Crippen LogP) is 4.31. The summed E-state index contributed by atoms with van der Waals surface area (Å²) in [6.45, 7) is 0. The summed E-state index contributed by atoms with van der Waals surface area (Å²) >= 11 is 0. The van der Waals surface area contributed by atoms with Crippen LogP contribution in [0.3, 0.4) is 0 Å². The van der Waals surface area contributed by atoms with Gasteiger partial charge in [-0.3, -0.25) is 0 Å². The van der Waals surface area contributed by atoms with Crippen molar-refractivity contribution in [2.45, 2.75) is 17.6 Å². The van der Waals surface area contributed by atoms with Gasteiger partial charge >= 0.3 is 0 Å². The predicted molar refractivity (Wildman–Crippen MR) is 96.4 cm³/mol. The monoisotopic (exact) mass is 330 g/mol. The van der Waals surface area contributed by atoms with E-state index in [0.29, 0.717) is 35.5 Å². The fourth-order valence-corrected chi connectivity index (χ4v) is 6.81. The lowest BCUT2D eigenvalue weighted by atomic mass is 9.52. The molecule has 0 saturated heterocycles. The Morgan fingerprint density at radius 1 is 0.640 bits per heavy atom. The summed E-state index contributed by atoms with van der Waals surface area (Å²) in [6.07, 6.45) is 4.73. The second-order valence-corrected chi connectivity index (χ2v) is 7.93. The highest BCUT2D eigenvalue weighted by molar-refractivity contribution is 5.58. The standard InChI is InChI=1S/C23H22O2/c1-24-23(25-2)17-11-12-18(23)22-20-14-8-4-3-7-13(14)19(21(17)22)15-9-5-6-10-16(15)20/h3-12,17-22H,1-2H3/t17-,18-,19?,20?,21+,22+/m1/s1. The zero-order valence-corrected chi connectivity index (χ0v) is 14.6. The Kier molecular flexibility index (Phi) is 2.65. The van der Waals surface area contributed by atoms with Gasteiger partial charge in [0.1, 0.15) is 0 Å². The number of hydrogen-bond donors (Lipinski definition) is 0. The van der Waals surface area contributed by atoms with Gasteiger partial charge in [-0.1, -0.05) is 60.7 Å². The smallest absolute Gasteiger partial charge is 0.180 e. The van der Waals surface area contributed by atoms with Crippen LogP contribution in [0.25, 0.3) is 0 Å². The van der Waals surface area contributed by atoms with Gasteiger partial charge in [-0.05, 0) is 34.1 Å². The Balaban J connectivity index is 1.64. The molecule has 25 heavy (non-hydrogen) atoms. The maximum atomic E-state index is 6.06. The molecule has 0 unspecified atom stereocenters. The van der Waals surface area contributed by atoms with Crippen molar-refractivity contribution in [2.24, 2.45) is 23.7 Å². The largest absolute Gasteiger partial charge is 0.352 e. The number of rotatable bonds is 2. The lowest BCUT2D eigenvalue weighted by Crippen LogP contribution is -2.41. The first kappa shape index (κ1) is 14.3. The lowest BCUT2D eigenvalue weighted by Gasteiger charge is -2.51. The Morgan fingerprint density at radius 2 is 1.00 bits per heavy atom. The Morgan fingerprint density at radius 3 is 1.32 bits per heavy atom. The highest BCUT2D eigenvalue weighted by atomic mass is 16.7. The van der Waals surface area contributed by atoms with Gasteiger partial charge in [0, 0.05) is 37.9 Å². The minimum Gasteiger partial charge on any atom is -0.352 e. The van der Waals surface area contributed by atoms with Crippen molar-refractivity contribution < 1.29 is 9.47 Å². The molecule has 2 aromatic rings. The van der Waals surface area contributed by atoms with E-state index >= 15 is 0 Å². The topological polar surface area (TPSA) is 18.5 Å². The Hall–Kier alpha value is -1.90. The van der Waals surface area contributed by atoms with Crippen LogP contribution in [-0.2, 0) is 9.47 Å². The molecule has 0 radical (unpaired) electrons. The van der Waals surface area contributed by atoms with Gasteiger partial charge in [-0.2, -0.15) is 0 Å². The molecule has 5 aliphatic rings. The van der Waals surface area contributed by atoms with Gasteiger partial charge in [-0.25, -0.2) is 0 Å². The molecule has 0 amide bonds. The molecule has 0 aliphatic heterocycles. The summed E-state index contributed by atoms with van der Waals surface area (Å²) in [5.74, 6) is 2.18. The number of ether oxygens (including phenoxy) is 2. The van der Waals surface area contributed by atoms with Crippen molar-refractivity contribution in [3.05, 3.63) is 82.9 Å². The van der Waals surface area contributed by atoms with Crippen molar-refractivity contribution in [1.82, 2.24) is 0 Å². The van der Waals surface area contributed by atoms with Gasteiger partial charge in [0.25, 0.3) is 0 Å². The van der Waals surface area contributed by atoms with Crippen molar-refractivity contribution in [2.75, 3.05) is 14.2 Å². The lowest BCUT2D eigenvalue weighted by molar-refractivity contribution is -0.234. The zero-order chi connectivity index (χ0) is 16.8. The van der Waals surface area contributed by atoms with Crippen LogP contribution in [0.5, 0.6) is 0 Å². The van der Waals surface area contributed by atoms with E-state index in [9.17, 15) is 0 Å². The molecule has 4 bridgehead atoms. The van der Waals surface area contributed by atoms with E-state index in [4.69, 9.17) is 9.47 Å². The third-order valence-corrected chi connectivity index (χ3v) is 7.47. The molecule has 1 fully saturated rings. The Labute approximate surface area is 148 Å². The van der Waals surface area contributed by atoms with Crippen LogP contribution >= 0.6 is 0 Å². The van der Waals surface area contributed by atoms with Crippen LogP contribution in [0.15, 0.2) is 60.7 Å². The van der Waals surface area contributed by atoms with Crippen molar-refractivity contribution in [3.63, 3.8) is 0 Å². The summed E-state index contributed by atoms with van der Waals surface area (Å²) in [5.41, 5.74) is 6.09.